The molecule has 1 N–H and O–H groups in total. The molecule has 1 aliphatic rings. The number of carboxylic acid groups (broad SMARTS) is 1. The van der Waals surface area contributed by atoms with E-state index in [-0.39, 0.29) is 74.4 Å². The summed E-state index contributed by atoms with van der Waals surface area (Å²) in [7, 11) is 2.36. The number of methoxy groups -OCH3 is 2. The zero-order valence-electron chi connectivity index (χ0n) is 30.2. The lowest BCUT2D eigenvalue weighted by Crippen LogP contribution is -2.21. The standard InChI is InChI=1S/C21H22N2O7.C16H14N2O6/c1-12-17(20(24)28-3)19(14-6-4-7-15(10-14)23(26)27)18(13(2)22-12)21(25)30-11-16-8-5-9-29-16;1-8-12(15(19)20)14(13(9(2)17-8)16(21)24-3)10-6-4-5-7-11(10)18(22)23/h4,6-7,10,16H,5,8-9,11H2,1-3H3;4-7H,1-3H3,(H,19,20). The van der Waals surface area contributed by atoms with Crippen LogP contribution in [0.2, 0.25) is 0 Å². The van der Waals surface area contributed by atoms with Crippen LogP contribution in [0.4, 0.5) is 11.4 Å². The van der Waals surface area contributed by atoms with Crippen LogP contribution in [0.3, 0.4) is 0 Å². The van der Waals surface area contributed by atoms with E-state index >= 15 is 0 Å². The van der Waals surface area contributed by atoms with Gasteiger partial charge in [-0.1, -0.05) is 24.3 Å². The molecule has 282 valence electrons. The van der Waals surface area contributed by atoms with E-state index in [1.54, 1.807) is 19.9 Å². The number of ether oxygens (including phenoxy) is 4. The molecule has 1 atom stereocenters. The summed E-state index contributed by atoms with van der Waals surface area (Å²) in [6.07, 6.45) is 1.52. The Hall–Kier alpha value is -6.62. The van der Waals surface area contributed by atoms with Gasteiger partial charge in [0.1, 0.15) is 6.61 Å². The number of aryl methyl sites for hydroxylation is 4. The summed E-state index contributed by atoms with van der Waals surface area (Å²) in [6, 6.07) is 11.3. The Morgan fingerprint density at radius 1 is 0.778 bits per heavy atom. The SMILES string of the molecule is COC(=O)c1c(C)nc(C)c(C(=O)O)c1-c1ccccc1[N+](=O)[O-].COC(=O)c1c(C)nc(C)c(C(=O)OCC2CCCO2)c1-c1cccc([N+](=O)[O-])c1. The van der Waals surface area contributed by atoms with Crippen molar-refractivity contribution >= 4 is 35.3 Å². The van der Waals surface area contributed by atoms with Gasteiger partial charge in [-0.05, 0) is 52.2 Å². The minimum atomic E-state index is -1.33. The molecule has 0 aliphatic carbocycles. The maximum absolute atomic E-state index is 13.0. The molecule has 0 spiro atoms. The van der Waals surface area contributed by atoms with Gasteiger partial charge >= 0.3 is 23.9 Å². The quantitative estimate of drug-likeness (QED) is 0.0828. The molecule has 54 heavy (non-hydrogen) atoms. The molecule has 2 aromatic heterocycles. The highest BCUT2D eigenvalue weighted by molar-refractivity contribution is 6.08. The van der Waals surface area contributed by atoms with Crippen molar-refractivity contribution in [2.45, 2.75) is 46.6 Å². The minimum Gasteiger partial charge on any atom is -0.478 e. The highest BCUT2D eigenvalue weighted by atomic mass is 16.6. The minimum absolute atomic E-state index is 0.0221. The lowest BCUT2D eigenvalue weighted by molar-refractivity contribution is -0.384. The van der Waals surface area contributed by atoms with Gasteiger partial charge in [-0.3, -0.25) is 30.2 Å². The van der Waals surface area contributed by atoms with Crippen molar-refractivity contribution in [3.63, 3.8) is 0 Å². The third-order valence-corrected chi connectivity index (χ3v) is 8.46. The number of nitro groups is 2. The number of rotatable bonds is 10. The number of carbonyl (C=O) groups excluding carboxylic acids is 3. The Morgan fingerprint density at radius 3 is 1.85 bits per heavy atom. The number of nitrogens with zero attached hydrogens (tertiary/aromatic N) is 4. The van der Waals surface area contributed by atoms with Crippen LogP contribution in [0.15, 0.2) is 48.5 Å². The molecule has 0 radical (unpaired) electrons. The molecule has 0 amide bonds. The van der Waals surface area contributed by atoms with Gasteiger partial charge in [-0.15, -0.1) is 0 Å². The van der Waals surface area contributed by atoms with Crippen molar-refractivity contribution in [3.8, 4) is 22.3 Å². The number of hydrogen-bond donors (Lipinski definition) is 1. The highest BCUT2D eigenvalue weighted by Gasteiger charge is 2.31. The Morgan fingerprint density at radius 2 is 1.33 bits per heavy atom. The van der Waals surface area contributed by atoms with Crippen molar-refractivity contribution < 1.29 is 53.1 Å². The van der Waals surface area contributed by atoms with Crippen molar-refractivity contribution in [1.29, 1.82) is 0 Å². The van der Waals surface area contributed by atoms with Crippen LogP contribution in [0.5, 0.6) is 0 Å². The van der Waals surface area contributed by atoms with Crippen LogP contribution in [-0.4, -0.2) is 82.3 Å². The molecule has 0 bridgehead atoms. The molecule has 17 heteroatoms. The number of non-ortho nitro benzene ring substituents is 1. The van der Waals surface area contributed by atoms with Gasteiger partial charge in [-0.25, -0.2) is 19.2 Å². The summed E-state index contributed by atoms with van der Waals surface area (Å²) in [4.78, 5) is 79.2. The third kappa shape index (κ3) is 8.53. The average molecular weight is 745 g/mol. The van der Waals surface area contributed by atoms with E-state index in [4.69, 9.17) is 18.9 Å². The first-order chi connectivity index (χ1) is 25.6. The Labute approximate surface area is 308 Å². The summed E-state index contributed by atoms with van der Waals surface area (Å²) < 4.78 is 20.5. The monoisotopic (exact) mass is 744 g/mol. The van der Waals surface area contributed by atoms with Crippen molar-refractivity contribution in [2.75, 3.05) is 27.4 Å². The highest BCUT2D eigenvalue weighted by Crippen LogP contribution is 2.38. The maximum atomic E-state index is 13.0. The van der Waals surface area contributed by atoms with Gasteiger partial charge in [0.2, 0.25) is 0 Å². The van der Waals surface area contributed by atoms with Crippen LogP contribution in [0, 0.1) is 47.9 Å². The second-order valence-electron chi connectivity index (χ2n) is 11.9. The van der Waals surface area contributed by atoms with E-state index in [0.717, 1.165) is 20.0 Å². The van der Waals surface area contributed by atoms with Gasteiger partial charge in [0.25, 0.3) is 11.4 Å². The summed E-state index contributed by atoms with van der Waals surface area (Å²) in [5, 5.41) is 32.1. The van der Waals surface area contributed by atoms with Crippen molar-refractivity contribution in [3.05, 3.63) is 114 Å². The second kappa shape index (κ2) is 17.3. The number of benzene rings is 2. The van der Waals surface area contributed by atoms with E-state index < -0.39 is 33.7 Å². The largest absolute Gasteiger partial charge is 0.478 e. The lowest BCUT2D eigenvalue weighted by Gasteiger charge is -2.18. The number of esters is 3. The summed E-state index contributed by atoms with van der Waals surface area (Å²) >= 11 is 0. The lowest BCUT2D eigenvalue weighted by atomic mass is 9.91. The predicted octanol–water partition coefficient (Wildman–Crippen LogP) is 6.15. The first-order valence-corrected chi connectivity index (χ1v) is 16.3. The number of carboxylic acids is 1. The molecule has 3 heterocycles. The van der Waals surface area contributed by atoms with Gasteiger partial charge in [0.05, 0.1) is 80.8 Å². The van der Waals surface area contributed by atoms with Gasteiger partial charge in [0.15, 0.2) is 0 Å². The van der Waals surface area contributed by atoms with Gasteiger partial charge in [0, 0.05) is 35.9 Å². The van der Waals surface area contributed by atoms with E-state index in [9.17, 15) is 44.5 Å². The number of aromatic nitrogens is 2. The summed E-state index contributed by atoms with van der Waals surface area (Å²) in [5.41, 5.74) is 0.839. The first-order valence-electron chi connectivity index (χ1n) is 16.3. The number of hydrogen-bond acceptors (Lipinski definition) is 14. The molecule has 5 rings (SSSR count). The molecule has 17 nitrogen and oxygen atoms in total. The molecule has 1 saturated heterocycles. The smallest absolute Gasteiger partial charge is 0.340 e. The number of para-hydroxylation sites is 1. The molecular weight excluding hydrogens is 708 g/mol. The Bertz CT molecular complexity index is 2160. The number of pyridine rings is 2. The number of nitro benzene ring substituents is 2. The van der Waals surface area contributed by atoms with E-state index in [1.165, 1.54) is 63.4 Å². The zero-order valence-corrected chi connectivity index (χ0v) is 30.2. The maximum Gasteiger partial charge on any atom is 0.340 e. The number of carbonyl (C=O) groups is 4. The molecule has 4 aromatic rings. The van der Waals surface area contributed by atoms with Crippen LogP contribution in [0.25, 0.3) is 22.3 Å². The predicted molar refractivity (Wildman–Crippen MR) is 190 cm³/mol. The third-order valence-electron chi connectivity index (χ3n) is 8.46. The zero-order chi connectivity index (χ0) is 39.9. The second-order valence-corrected chi connectivity index (χ2v) is 11.9. The van der Waals surface area contributed by atoms with Gasteiger partial charge in [-0.2, -0.15) is 0 Å². The van der Waals surface area contributed by atoms with Gasteiger partial charge < -0.3 is 24.1 Å². The first kappa shape index (κ1) is 40.2. The van der Waals surface area contributed by atoms with Crippen molar-refractivity contribution in [2.24, 2.45) is 0 Å². The molecule has 1 unspecified atom stereocenters. The fourth-order valence-electron chi connectivity index (χ4n) is 6.11. The normalized spacial score (nSPS) is 13.3. The molecule has 2 aromatic carbocycles. The molecule has 1 aliphatic heterocycles. The van der Waals surface area contributed by atoms with Crippen LogP contribution >= 0.6 is 0 Å². The van der Waals surface area contributed by atoms with Crippen molar-refractivity contribution in [1.82, 2.24) is 9.97 Å². The van der Waals surface area contributed by atoms with Crippen LogP contribution in [-0.2, 0) is 18.9 Å². The molecule has 1 fully saturated rings. The molecule has 0 saturated carbocycles. The fraction of sp³-hybridized carbons (Fsp3) is 0.297. The topological polar surface area (TPSA) is 237 Å². The van der Waals surface area contributed by atoms with Crippen LogP contribution in [0.1, 0.15) is 77.0 Å². The average Bonchev–Trinajstić information content (AvgIpc) is 3.66. The van der Waals surface area contributed by atoms with E-state index in [0.29, 0.717) is 23.6 Å². The Kier molecular flexibility index (Phi) is 12.8. The summed E-state index contributed by atoms with van der Waals surface area (Å²) in [5.74, 6) is -3.52. The molecular formula is C37H36N4O13. The summed E-state index contributed by atoms with van der Waals surface area (Å²) in [6.45, 7) is 6.92. The number of aromatic carboxylic acids is 1. The van der Waals surface area contributed by atoms with E-state index in [2.05, 4.69) is 9.97 Å². The van der Waals surface area contributed by atoms with Crippen LogP contribution < -0.4 is 0 Å². The van der Waals surface area contributed by atoms with E-state index in [1.807, 2.05) is 0 Å². The Balaban J connectivity index is 0.000000247. The fourth-order valence-corrected chi connectivity index (χ4v) is 6.11.